The summed E-state index contributed by atoms with van der Waals surface area (Å²) in [6, 6.07) is 5.65. The molecule has 0 aliphatic carbocycles. The average molecular weight is 316 g/mol. The van der Waals surface area contributed by atoms with E-state index in [4.69, 9.17) is 5.26 Å². The number of urea groups is 1. The molecule has 0 spiro atoms. The van der Waals surface area contributed by atoms with Gasteiger partial charge in [-0.1, -0.05) is 0 Å². The Morgan fingerprint density at radius 3 is 2.87 bits per heavy atom. The summed E-state index contributed by atoms with van der Waals surface area (Å²) in [5.74, 6) is -0.0425. The number of anilines is 1. The molecule has 0 radical (unpaired) electrons. The molecule has 0 bridgehead atoms. The maximum absolute atomic E-state index is 13.3. The molecule has 0 aromatic heterocycles. The number of carbonyl (C=O) groups excluding carboxylic acids is 1. The van der Waals surface area contributed by atoms with Gasteiger partial charge in [-0.25, -0.2) is 9.18 Å². The molecule has 3 rings (SSSR count). The Bertz CT molecular complexity index is 622. The second kappa shape index (κ2) is 6.97. The molecule has 2 aliphatic rings. The van der Waals surface area contributed by atoms with Gasteiger partial charge >= 0.3 is 6.03 Å². The Labute approximate surface area is 135 Å². The molecule has 1 N–H and O–H groups in total. The first-order valence-electron chi connectivity index (χ1n) is 8.13. The van der Waals surface area contributed by atoms with Crippen molar-refractivity contribution < 1.29 is 9.18 Å². The zero-order valence-corrected chi connectivity index (χ0v) is 13.1. The van der Waals surface area contributed by atoms with E-state index < -0.39 is 5.82 Å². The van der Waals surface area contributed by atoms with E-state index in [1.54, 1.807) is 11.0 Å². The van der Waals surface area contributed by atoms with Gasteiger partial charge < -0.3 is 15.1 Å². The van der Waals surface area contributed by atoms with Crippen molar-refractivity contribution in [3.63, 3.8) is 0 Å². The second-order valence-electron chi connectivity index (χ2n) is 6.35. The van der Waals surface area contributed by atoms with Crippen LogP contribution in [0.15, 0.2) is 18.2 Å². The minimum Gasteiger partial charge on any atom is -0.324 e. The van der Waals surface area contributed by atoms with Crippen LogP contribution in [0.1, 0.15) is 24.8 Å². The lowest BCUT2D eigenvalue weighted by Gasteiger charge is -2.21. The van der Waals surface area contributed by atoms with Crippen LogP contribution in [0.25, 0.3) is 0 Å². The summed E-state index contributed by atoms with van der Waals surface area (Å²) < 4.78 is 13.3. The van der Waals surface area contributed by atoms with Crippen molar-refractivity contribution in [2.75, 3.05) is 38.0 Å². The van der Waals surface area contributed by atoms with Crippen molar-refractivity contribution >= 4 is 11.7 Å². The molecule has 0 saturated carbocycles. The van der Waals surface area contributed by atoms with Crippen LogP contribution in [-0.4, -0.2) is 48.6 Å². The number of likely N-dealkylation sites (tertiary alicyclic amines) is 2. The Morgan fingerprint density at radius 1 is 1.35 bits per heavy atom. The summed E-state index contributed by atoms with van der Waals surface area (Å²) >= 11 is 0. The predicted molar refractivity (Wildman–Crippen MR) is 85.5 cm³/mol. The van der Waals surface area contributed by atoms with Crippen LogP contribution in [0.4, 0.5) is 14.9 Å². The van der Waals surface area contributed by atoms with E-state index in [1.165, 1.54) is 44.1 Å². The summed E-state index contributed by atoms with van der Waals surface area (Å²) in [7, 11) is 0. The Hall–Kier alpha value is -2.13. The molecule has 1 unspecified atom stereocenters. The molecule has 2 heterocycles. The van der Waals surface area contributed by atoms with Crippen LogP contribution in [-0.2, 0) is 0 Å². The SMILES string of the molecule is N#Cc1cc(NC(=O)N2CCC(CN3CCCC3)C2)ccc1F. The third-order valence-electron chi connectivity index (χ3n) is 4.63. The van der Waals surface area contributed by atoms with Gasteiger partial charge in [0.15, 0.2) is 0 Å². The molecular weight excluding hydrogens is 295 g/mol. The Morgan fingerprint density at radius 2 is 2.13 bits per heavy atom. The van der Waals surface area contributed by atoms with E-state index in [-0.39, 0.29) is 11.6 Å². The third kappa shape index (κ3) is 3.80. The molecule has 2 saturated heterocycles. The maximum Gasteiger partial charge on any atom is 0.321 e. The number of nitriles is 1. The van der Waals surface area contributed by atoms with Crippen molar-refractivity contribution in [2.45, 2.75) is 19.3 Å². The van der Waals surface area contributed by atoms with E-state index in [1.807, 2.05) is 0 Å². The number of rotatable bonds is 3. The fourth-order valence-electron chi connectivity index (χ4n) is 3.39. The highest BCUT2D eigenvalue weighted by Crippen LogP contribution is 2.21. The van der Waals surface area contributed by atoms with Gasteiger partial charge in [-0.2, -0.15) is 5.26 Å². The Kier molecular flexibility index (Phi) is 4.77. The summed E-state index contributed by atoms with van der Waals surface area (Å²) in [5, 5.41) is 11.6. The first kappa shape index (κ1) is 15.8. The standard InChI is InChI=1S/C17H21FN4O/c18-16-4-3-15(9-14(16)10-19)20-17(23)22-8-5-13(12-22)11-21-6-1-2-7-21/h3-4,9,13H,1-2,5-8,11-12H2,(H,20,23). The second-order valence-corrected chi connectivity index (χ2v) is 6.35. The normalized spacial score (nSPS) is 21.4. The molecule has 2 aliphatic heterocycles. The minimum atomic E-state index is -0.572. The van der Waals surface area contributed by atoms with Crippen LogP contribution in [0.5, 0.6) is 0 Å². The van der Waals surface area contributed by atoms with E-state index >= 15 is 0 Å². The average Bonchev–Trinajstić information content (AvgIpc) is 3.21. The number of amides is 2. The number of benzene rings is 1. The summed E-state index contributed by atoms with van der Waals surface area (Å²) in [5.41, 5.74) is 0.395. The molecule has 6 heteroatoms. The Balaban J connectivity index is 1.53. The van der Waals surface area contributed by atoms with E-state index in [0.717, 1.165) is 26.1 Å². The molecule has 1 atom stereocenters. The summed E-state index contributed by atoms with van der Waals surface area (Å²) in [6.07, 6.45) is 3.59. The van der Waals surface area contributed by atoms with Gasteiger partial charge in [0.1, 0.15) is 11.9 Å². The molecular formula is C17H21FN4O. The van der Waals surface area contributed by atoms with Gasteiger partial charge in [-0.3, -0.25) is 0 Å². The van der Waals surface area contributed by atoms with Gasteiger partial charge in [0, 0.05) is 25.3 Å². The van der Waals surface area contributed by atoms with Gasteiger partial charge in [-0.15, -0.1) is 0 Å². The number of hydrogen-bond donors (Lipinski definition) is 1. The van der Waals surface area contributed by atoms with Crippen LogP contribution in [0.3, 0.4) is 0 Å². The zero-order chi connectivity index (χ0) is 16.2. The summed E-state index contributed by atoms with van der Waals surface area (Å²) in [4.78, 5) is 16.6. The molecule has 1 aromatic carbocycles. The highest BCUT2D eigenvalue weighted by molar-refractivity contribution is 5.89. The molecule has 2 fully saturated rings. The quantitative estimate of drug-likeness (QED) is 0.932. The van der Waals surface area contributed by atoms with Crippen molar-refractivity contribution in [2.24, 2.45) is 5.92 Å². The molecule has 1 aromatic rings. The first-order valence-corrected chi connectivity index (χ1v) is 8.13. The van der Waals surface area contributed by atoms with Crippen molar-refractivity contribution in [3.8, 4) is 6.07 Å². The lowest BCUT2D eigenvalue weighted by atomic mass is 10.1. The van der Waals surface area contributed by atoms with Crippen LogP contribution in [0, 0.1) is 23.1 Å². The zero-order valence-electron chi connectivity index (χ0n) is 13.1. The van der Waals surface area contributed by atoms with Gasteiger partial charge in [0.05, 0.1) is 5.56 Å². The number of halogens is 1. The largest absolute Gasteiger partial charge is 0.324 e. The van der Waals surface area contributed by atoms with E-state index in [2.05, 4.69) is 10.2 Å². The highest BCUT2D eigenvalue weighted by Gasteiger charge is 2.28. The fourth-order valence-corrected chi connectivity index (χ4v) is 3.39. The number of carbonyl (C=O) groups is 1. The highest BCUT2D eigenvalue weighted by atomic mass is 19.1. The van der Waals surface area contributed by atoms with Crippen LogP contribution in [0.2, 0.25) is 0 Å². The topological polar surface area (TPSA) is 59.4 Å². The van der Waals surface area contributed by atoms with E-state index in [9.17, 15) is 9.18 Å². The number of nitrogens with one attached hydrogen (secondary N) is 1. The van der Waals surface area contributed by atoms with Gasteiger partial charge in [-0.05, 0) is 56.5 Å². The van der Waals surface area contributed by atoms with Crippen molar-refractivity contribution in [1.82, 2.24) is 9.80 Å². The van der Waals surface area contributed by atoms with Crippen molar-refractivity contribution in [1.29, 1.82) is 5.26 Å². The molecule has 23 heavy (non-hydrogen) atoms. The van der Waals surface area contributed by atoms with Crippen molar-refractivity contribution in [3.05, 3.63) is 29.6 Å². The number of hydrogen-bond acceptors (Lipinski definition) is 3. The molecule has 2 amide bonds. The van der Waals surface area contributed by atoms with E-state index in [0.29, 0.717) is 11.6 Å². The monoisotopic (exact) mass is 316 g/mol. The number of nitrogens with zero attached hydrogens (tertiary/aromatic N) is 3. The van der Waals surface area contributed by atoms with Gasteiger partial charge in [0.25, 0.3) is 0 Å². The summed E-state index contributed by atoms with van der Waals surface area (Å²) in [6.45, 7) is 4.93. The lowest BCUT2D eigenvalue weighted by Crippen LogP contribution is -2.34. The molecule has 122 valence electrons. The molecule has 5 nitrogen and oxygen atoms in total. The predicted octanol–water partition coefficient (Wildman–Crippen LogP) is 2.65. The first-order chi connectivity index (χ1) is 11.2. The third-order valence-corrected chi connectivity index (χ3v) is 4.63. The van der Waals surface area contributed by atoms with Crippen LogP contribution < -0.4 is 5.32 Å². The van der Waals surface area contributed by atoms with Gasteiger partial charge in [0.2, 0.25) is 0 Å². The lowest BCUT2D eigenvalue weighted by molar-refractivity contribution is 0.217. The fraction of sp³-hybridized carbons (Fsp3) is 0.529. The maximum atomic E-state index is 13.3. The van der Waals surface area contributed by atoms with Crippen LogP contribution >= 0.6 is 0 Å². The smallest absolute Gasteiger partial charge is 0.321 e. The minimum absolute atomic E-state index is 0.0591.